The maximum absolute atomic E-state index is 5.58. The smallest absolute Gasteiger partial charge is 0.122 e. The average Bonchev–Trinajstić information content (AvgIpc) is 2.96. The number of ether oxygens (including phenoxy) is 1. The van der Waals surface area contributed by atoms with Crippen molar-refractivity contribution in [3.8, 4) is 5.75 Å². The summed E-state index contributed by atoms with van der Waals surface area (Å²) in [7, 11) is 2.06. The zero-order valence-corrected chi connectivity index (χ0v) is 10.5. The summed E-state index contributed by atoms with van der Waals surface area (Å²) in [5.74, 6) is 2.69. The van der Waals surface area contributed by atoms with E-state index in [2.05, 4.69) is 30.6 Å². The second-order valence-electron chi connectivity index (χ2n) is 5.32. The Labute approximate surface area is 103 Å². The van der Waals surface area contributed by atoms with Crippen LogP contribution in [-0.4, -0.2) is 20.2 Å². The number of hydrogen-bond donors (Lipinski definition) is 1. The van der Waals surface area contributed by atoms with E-state index in [0.29, 0.717) is 0 Å². The van der Waals surface area contributed by atoms with Crippen molar-refractivity contribution >= 4 is 0 Å². The molecular formula is C15H21NO. The Bertz CT molecular complexity index is 402. The highest BCUT2D eigenvalue weighted by Gasteiger charge is 2.28. The molecule has 1 aliphatic heterocycles. The van der Waals surface area contributed by atoms with Crippen LogP contribution in [-0.2, 0) is 6.42 Å². The van der Waals surface area contributed by atoms with Gasteiger partial charge in [0.05, 0.1) is 6.61 Å². The van der Waals surface area contributed by atoms with Gasteiger partial charge in [-0.25, -0.2) is 0 Å². The van der Waals surface area contributed by atoms with Gasteiger partial charge in [-0.15, -0.1) is 0 Å². The Kier molecular flexibility index (Phi) is 3.06. The SMILES string of the molecule is CNCC1CCCC1c1ccc2c(c1)CCO2. The topological polar surface area (TPSA) is 21.3 Å². The van der Waals surface area contributed by atoms with Gasteiger partial charge in [-0.1, -0.05) is 18.6 Å². The first kappa shape index (κ1) is 11.1. The van der Waals surface area contributed by atoms with Crippen LogP contribution in [0, 0.1) is 5.92 Å². The first-order chi connectivity index (χ1) is 8.38. The maximum atomic E-state index is 5.58. The summed E-state index contributed by atoms with van der Waals surface area (Å²) in [5.41, 5.74) is 2.95. The van der Waals surface area contributed by atoms with Crippen molar-refractivity contribution < 1.29 is 4.74 Å². The summed E-state index contributed by atoms with van der Waals surface area (Å²) in [6.45, 7) is 2.02. The monoisotopic (exact) mass is 231 g/mol. The van der Waals surface area contributed by atoms with Crippen LogP contribution in [0.15, 0.2) is 18.2 Å². The van der Waals surface area contributed by atoms with Gasteiger partial charge in [0.25, 0.3) is 0 Å². The Hall–Kier alpha value is -1.02. The third-order valence-corrected chi connectivity index (χ3v) is 4.27. The third-order valence-electron chi connectivity index (χ3n) is 4.27. The van der Waals surface area contributed by atoms with Gasteiger partial charge >= 0.3 is 0 Å². The van der Waals surface area contributed by atoms with Gasteiger partial charge in [0.15, 0.2) is 0 Å². The lowest BCUT2D eigenvalue weighted by Gasteiger charge is -2.20. The van der Waals surface area contributed by atoms with Crippen LogP contribution in [0.2, 0.25) is 0 Å². The van der Waals surface area contributed by atoms with Crippen molar-refractivity contribution in [1.29, 1.82) is 0 Å². The molecule has 0 aromatic heterocycles. The largest absolute Gasteiger partial charge is 0.493 e. The molecule has 1 saturated carbocycles. The normalized spacial score (nSPS) is 26.9. The highest BCUT2D eigenvalue weighted by molar-refractivity contribution is 5.41. The molecule has 2 heteroatoms. The fourth-order valence-corrected chi connectivity index (χ4v) is 3.42. The molecule has 1 aliphatic carbocycles. The van der Waals surface area contributed by atoms with E-state index in [-0.39, 0.29) is 0 Å². The molecule has 0 saturated heterocycles. The molecule has 2 aliphatic rings. The molecule has 3 rings (SSSR count). The molecule has 17 heavy (non-hydrogen) atoms. The number of rotatable bonds is 3. The molecule has 2 unspecified atom stereocenters. The van der Waals surface area contributed by atoms with E-state index < -0.39 is 0 Å². The zero-order valence-electron chi connectivity index (χ0n) is 10.5. The van der Waals surface area contributed by atoms with E-state index in [1.807, 2.05) is 0 Å². The second-order valence-corrected chi connectivity index (χ2v) is 5.32. The van der Waals surface area contributed by atoms with Gasteiger partial charge in [-0.05, 0) is 55.5 Å². The van der Waals surface area contributed by atoms with E-state index >= 15 is 0 Å². The van der Waals surface area contributed by atoms with Gasteiger partial charge in [-0.2, -0.15) is 0 Å². The summed E-state index contributed by atoms with van der Waals surface area (Å²) in [6.07, 6.45) is 5.20. The molecule has 0 radical (unpaired) electrons. The van der Waals surface area contributed by atoms with Crippen LogP contribution in [0.25, 0.3) is 0 Å². The summed E-state index contributed by atoms with van der Waals surface area (Å²) < 4.78 is 5.58. The minimum atomic E-state index is 0.758. The maximum Gasteiger partial charge on any atom is 0.122 e. The summed E-state index contributed by atoms with van der Waals surface area (Å²) in [5, 5.41) is 3.34. The van der Waals surface area contributed by atoms with Crippen LogP contribution in [0.1, 0.15) is 36.3 Å². The van der Waals surface area contributed by atoms with Crippen molar-refractivity contribution in [3.05, 3.63) is 29.3 Å². The lowest BCUT2D eigenvalue weighted by molar-refractivity contribution is 0.356. The predicted molar refractivity (Wildman–Crippen MR) is 69.6 cm³/mol. The number of fused-ring (bicyclic) bond motifs is 1. The quantitative estimate of drug-likeness (QED) is 0.863. The Morgan fingerprint density at radius 2 is 2.29 bits per heavy atom. The fraction of sp³-hybridized carbons (Fsp3) is 0.600. The molecule has 1 aromatic carbocycles. The van der Waals surface area contributed by atoms with Gasteiger partial charge in [0, 0.05) is 6.42 Å². The van der Waals surface area contributed by atoms with Crippen LogP contribution in [0.5, 0.6) is 5.75 Å². The fourth-order valence-electron chi connectivity index (χ4n) is 3.42. The average molecular weight is 231 g/mol. The summed E-state index contributed by atoms with van der Waals surface area (Å²) in [6, 6.07) is 6.84. The number of nitrogens with one attached hydrogen (secondary N) is 1. The molecule has 0 bridgehead atoms. The molecule has 0 spiro atoms. The second kappa shape index (κ2) is 4.69. The molecule has 1 heterocycles. The van der Waals surface area contributed by atoms with Gasteiger partial charge in [-0.3, -0.25) is 0 Å². The van der Waals surface area contributed by atoms with E-state index in [1.165, 1.54) is 30.4 Å². The summed E-state index contributed by atoms with van der Waals surface area (Å²) in [4.78, 5) is 0. The van der Waals surface area contributed by atoms with E-state index in [4.69, 9.17) is 4.74 Å². The molecular weight excluding hydrogens is 210 g/mol. The van der Waals surface area contributed by atoms with Crippen LogP contribution < -0.4 is 10.1 Å². The number of benzene rings is 1. The summed E-state index contributed by atoms with van der Waals surface area (Å²) >= 11 is 0. The molecule has 1 N–H and O–H groups in total. The van der Waals surface area contributed by atoms with Crippen molar-refractivity contribution in [2.24, 2.45) is 5.92 Å². The van der Waals surface area contributed by atoms with Crippen molar-refractivity contribution in [1.82, 2.24) is 5.32 Å². The first-order valence-electron chi connectivity index (χ1n) is 6.78. The molecule has 0 amide bonds. The minimum absolute atomic E-state index is 0.758. The standard InChI is InChI=1S/C15H21NO/c1-16-10-13-3-2-4-14(13)11-5-6-15-12(9-11)7-8-17-15/h5-6,9,13-14,16H,2-4,7-8,10H2,1H3. The van der Waals surface area contributed by atoms with Gasteiger partial charge in [0.1, 0.15) is 5.75 Å². The molecule has 92 valence electrons. The lowest BCUT2D eigenvalue weighted by Crippen LogP contribution is -2.21. The highest BCUT2D eigenvalue weighted by atomic mass is 16.5. The highest BCUT2D eigenvalue weighted by Crippen LogP contribution is 2.41. The first-order valence-corrected chi connectivity index (χ1v) is 6.78. The van der Waals surface area contributed by atoms with E-state index in [1.54, 1.807) is 0 Å². The number of hydrogen-bond acceptors (Lipinski definition) is 2. The Balaban J connectivity index is 1.83. The van der Waals surface area contributed by atoms with Gasteiger partial charge < -0.3 is 10.1 Å². The molecule has 2 atom stereocenters. The molecule has 2 nitrogen and oxygen atoms in total. The van der Waals surface area contributed by atoms with Crippen molar-refractivity contribution in [2.45, 2.75) is 31.6 Å². The van der Waals surface area contributed by atoms with E-state index in [9.17, 15) is 0 Å². The Morgan fingerprint density at radius 1 is 1.35 bits per heavy atom. The lowest BCUT2D eigenvalue weighted by atomic mass is 9.88. The van der Waals surface area contributed by atoms with Gasteiger partial charge in [0.2, 0.25) is 0 Å². The molecule has 1 fully saturated rings. The zero-order chi connectivity index (χ0) is 11.7. The predicted octanol–water partition coefficient (Wildman–Crippen LogP) is 2.72. The van der Waals surface area contributed by atoms with Crippen LogP contribution in [0.3, 0.4) is 0 Å². The van der Waals surface area contributed by atoms with Crippen molar-refractivity contribution in [2.75, 3.05) is 20.2 Å². The van der Waals surface area contributed by atoms with Crippen LogP contribution >= 0.6 is 0 Å². The van der Waals surface area contributed by atoms with E-state index in [0.717, 1.165) is 37.2 Å². The Morgan fingerprint density at radius 3 is 3.18 bits per heavy atom. The van der Waals surface area contributed by atoms with Crippen molar-refractivity contribution in [3.63, 3.8) is 0 Å². The third kappa shape index (κ3) is 2.06. The van der Waals surface area contributed by atoms with Crippen LogP contribution in [0.4, 0.5) is 0 Å². The molecule has 1 aromatic rings. The minimum Gasteiger partial charge on any atom is -0.493 e.